The predicted octanol–water partition coefficient (Wildman–Crippen LogP) is 2.05. The average molecular weight is 387 g/mol. The number of nitrogens with zero attached hydrogens (tertiary/aromatic N) is 5. The van der Waals surface area contributed by atoms with Crippen molar-refractivity contribution in [2.75, 3.05) is 6.61 Å². The van der Waals surface area contributed by atoms with Gasteiger partial charge in [-0.3, -0.25) is 9.78 Å². The lowest BCUT2D eigenvalue weighted by atomic mass is 10.0. The first-order valence-electron chi connectivity index (χ1n) is 8.48. The number of pyridine rings is 1. The van der Waals surface area contributed by atoms with Gasteiger partial charge in [0.2, 0.25) is 0 Å². The molecular weight excluding hydrogens is 368 g/mol. The number of hydrogen-bond donors (Lipinski definition) is 2. The Labute approximate surface area is 161 Å². The van der Waals surface area contributed by atoms with Crippen LogP contribution in [-0.4, -0.2) is 48.9 Å². The normalized spacial score (nSPS) is 12.0. The number of aliphatic hydroxyl groups excluding tert-OH is 1. The van der Waals surface area contributed by atoms with Crippen LogP contribution in [-0.2, 0) is 6.42 Å². The van der Waals surface area contributed by atoms with Crippen molar-refractivity contribution in [3.05, 3.63) is 52.9 Å². The molecule has 1 atom stereocenters. The fraction of sp³-hybridized carbons (Fsp3) is 0.278. The number of amides is 1. The number of aromatic nitrogens is 5. The molecule has 2 aromatic heterocycles. The van der Waals surface area contributed by atoms with Crippen LogP contribution in [0.25, 0.3) is 16.9 Å². The summed E-state index contributed by atoms with van der Waals surface area (Å²) in [6.07, 6.45) is 2.19. The van der Waals surface area contributed by atoms with Gasteiger partial charge in [0.05, 0.1) is 23.0 Å². The Hall–Kier alpha value is -2.84. The molecule has 3 rings (SSSR count). The second-order valence-corrected chi connectivity index (χ2v) is 6.48. The van der Waals surface area contributed by atoms with Crippen LogP contribution >= 0.6 is 11.6 Å². The van der Waals surface area contributed by atoms with Crippen LogP contribution in [0.4, 0.5) is 0 Å². The van der Waals surface area contributed by atoms with Crippen LogP contribution in [0.2, 0.25) is 5.02 Å². The van der Waals surface area contributed by atoms with Gasteiger partial charge in [0.1, 0.15) is 0 Å². The topological polar surface area (TPSA) is 106 Å². The van der Waals surface area contributed by atoms with E-state index in [0.29, 0.717) is 34.2 Å². The summed E-state index contributed by atoms with van der Waals surface area (Å²) in [5.41, 5.74) is 2.45. The summed E-state index contributed by atoms with van der Waals surface area (Å²) in [5.74, 6) is 0.367. The molecule has 1 amide bonds. The number of hydrogen-bond acceptors (Lipinski definition) is 6. The maximum absolute atomic E-state index is 12.6. The molecule has 2 heterocycles. The minimum absolute atomic E-state index is 0.149. The van der Waals surface area contributed by atoms with Gasteiger partial charge in [-0.1, -0.05) is 18.5 Å². The van der Waals surface area contributed by atoms with Crippen LogP contribution in [0.3, 0.4) is 0 Å². The van der Waals surface area contributed by atoms with Crippen LogP contribution < -0.4 is 5.32 Å². The van der Waals surface area contributed by atoms with E-state index in [-0.39, 0.29) is 18.6 Å². The zero-order valence-corrected chi connectivity index (χ0v) is 15.7. The highest BCUT2D eigenvalue weighted by atomic mass is 35.5. The lowest BCUT2D eigenvalue weighted by Gasteiger charge is -2.13. The number of halogens is 1. The standard InChI is InChI=1S/C18H19ClN6O2/c1-3-17-22-23-24-25(17)15-7-12(16-5-4-14(19)9-20-16)6-13(8-15)18(27)21-11(2)10-26/h4-9,11,26H,3,10H2,1-2H3,(H,21,27)/t11-/m0/s1. The first-order valence-corrected chi connectivity index (χ1v) is 8.86. The number of rotatable bonds is 6. The summed E-state index contributed by atoms with van der Waals surface area (Å²) < 4.78 is 1.59. The predicted molar refractivity (Wildman–Crippen MR) is 101 cm³/mol. The summed E-state index contributed by atoms with van der Waals surface area (Å²) in [5, 5.41) is 24.2. The molecule has 0 unspecified atom stereocenters. The van der Waals surface area contributed by atoms with E-state index in [1.807, 2.05) is 13.0 Å². The molecule has 0 aliphatic heterocycles. The van der Waals surface area contributed by atoms with Crippen molar-refractivity contribution >= 4 is 17.5 Å². The number of aryl methyl sites for hydroxylation is 1. The highest BCUT2D eigenvalue weighted by Crippen LogP contribution is 2.24. The van der Waals surface area contributed by atoms with E-state index >= 15 is 0 Å². The van der Waals surface area contributed by atoms with Crippen LogP contribution in [0.15, 0.2) is 36.5 Å². The first kappa shape index (κ1) is 18.9. The van der Waals surface area contributed by atoms with Gasteiger partial charge in [0.25, 0.3) is 5.91 Å². The van der Waals surface area contributed by atoms with Gasteiger partial charge in [-0.05, 0) is 47.7 Å². The molecule has 0 bridgehead atoms. The van der Waals surface area contributed by atoms with Crippen molar-refractivity contribution in [1.29, 1.82) is 0 Å². The molecule has 0 saturated carbocycles. The van der Waals surface area contributed by atoms with Crippen molar-refractivity contribution in [3.8, 4) is 16.9 Å². The SMILES string of the molecule is CCc1nnnn1-c1cc(C(=O)N[C@@H](C)CO)cc(-c2ccc(Cl)cn2)c1. The molecule has 3 aromatic rings. The van der Waals surface area contributed by atoms with Gasteiger partial charge in [0, 0.05) is 29.8 Å². The molecule has 0 aliphatic rings. The summed E-state index contributed by atoms with van der Waals surface area (Å²) in [4.78, 5) is 16.9. The second kappa shape index (κ2) is 8.24. The van der Waals surface area contributed by atoms with E-state index in [9.17, 15) is 9.90 Å². The Morgan fingerprint density at radius 3 is 2.81 bits per heavy atom. The van der Waals surface area contributed by atoms with Crippen LogP contribution in [0.5, 0.6) is 0 Å². The first-order chi connectivity index (χ1) is 13.0. The molecule has 2 N–H and O–H groups in total. The smallest absolute Gasteiger partial charge is 0.251 e. The molecular formula is C18H19ClN6O2. The Bertz CT molecular complexity index is 941. The summed E-state index contributed by atoms with van der Waals surface area (Å²) in [6, 6.07) is 8.44. The Morgan fingerprint density at radius 1 is 1.33 bits per heavy atom. The maximum Gasteiger partial charge on any atom is 0.251 e. The van der Waals surface area contributed by atoms with E-state index in [2.05, 4.69) is 25.8 Å². The number of nitrogens with one attached hydrogen (secondary N) is 1. The molecule has 0 fully saturated rings. The maximum atomic E-state index is 12.6. The zero-order valence-electron chi connectivity index (χ0n) is 14.9. The molecule has 0 saturated heterocycles. The van der Waals surface area contributed by atoms with Gasteiger partial charge in [-0.25, -0.2) is 0 Å². The number of tetrazole rings is 1. The van der Waals surface area contributed by atoms with Crippen LogP contribution in [0, 0.1) is 0 Å². The Morgan fingerprint density at radius 2 is 2.15 bits per heavy atom. The summed E-state index contributed by atoms with van der Waals surface area (Å²) in [6.45, 7) is 3.52. The van der Waals surface area contributed by atoms with E-state index < -0.39 is 0 Å². The molecule has 27 heavy (non-hydrogen) atoms. The number of carbonyl (C=O) groups is 1. The molecule has 8 nitrogen and oxygen atoms in total. The van der Waals surface area contributed by atoms with Crippen molar-refractivity contribution in [2.45, 2.75) is 26.3 Å². The van der Waals surface area contributed by atoms with Gasteiger partial charge >= 0.3 is 0 Å². The highest BCUT2D eigenvalue weighted by molar-refractivity contribution is 6.30. The van der Waals surface area contributed by atoms with E-state index in [1.54, 1.807) is 42.1 Å². The quantitative estimate of drug-likeness (QED) is 0.671. The number of aliphatic hydroxyl groups is 1. The lowest BCUT2D eigenvalue weighted by Crippen LogP contribution is -2.35. The monoisotopic (exact) mass is 386 g/mol. The molecule has 1 aromatic carbocycles. The van der Waals surface area contributed by atoms with E-state index in [1.165, 1.54) is 0 Å². The second-order valence-electron chi connectivity index (χ2n) is 6.05. The highest BCUT2D eigenvalue weighted by Gasteiger charge is 2.15. The molecule has 140 valence electrons. The lowest BCUT2D eigenvalue weighted by molar-refractivity contribution is 0.0922. The largest absolute Gasteiger partial charge is 0.394 e. The molecule has 0 spiro atoms. The third-order valence-electron chi connectivity index (χ3n) is 3.95. The fourth-order valence-electron chi connectivity index (χ4n) is 2.54. The van der Waals surface area contributed by atoms with Crippen molar-refractivity contribution in [3.63, 3.8) is 0 Å². The minimum Gasteiger partial charge on any atom is -0.394 e. The van der Waals surface area contributed by atoms with E-state index in [4.69, 9.17) is 11.6 Å². The zero-order chi connectivity index (χ0) is 19.4. The van der Waals surface area contributed by atoms with Gasteiger partial charge in [-0.15, -0.1) is 5.10 Å². The third-order valence-corrected chi connectivity index (χ3v) is 4.17. The Balaban J connectivity index is 2.10. The fourth-order valence-corrected chi connectivity index (χ4v) is 2.65. The summed E-state index contributed by atoms with van der Waals surface area (Å²) in [7, 11) is 0. The van der Waals surface area contributed by atoms with E-state index in [0.717, 1.165) is 5.56 Å². The summed E-state index contributed by atoms with van der Waals surface area (Å²) >= 11 is 5.93. The van der Waals surface area contributed by atoms with Gasteiger partial charge in [-0.2, -0.15) is 4.68 Å². The van der Waals surface area contributed by atoms with Gasteiger partial charge in [0.15, 0.2) is 5.82 Å². The third kappa shape index (κ3) is 4.29. The van der Waals surface area contributed by atoms with Gasteiger partial charge < -0.3 is 10.4 Å². The molecule has 0 aliphatic carbocycles. The molecule has 0 radical (unpaired) electrons. The molecule has 9 heteroatoms. The van der Waals surface area contributed by atoms with Crippen molar-refractivity contribution < 1.29 is 9.90 Å². The number of carbonyl (C=O) groups excluding carboxylic acids is 1. The minimum atomic E-state index is -0.363. The average Bonchev–Trinajstić information content (AvgIpc) is 3.17. The number of benzene rings is 1. The van der Waals surface area contributed by atoms with Crippen molar-refractivity contribution in [1.82, 2.24) is 30.5 Å². The van der Waals surface area contributed by atoms with Crippen LogP contribution in [0.1, 0.15) is 30.0 Å². The Kier molecular flexibility index (Phi) is 5.78. The van der Waals surface area contributed by atoms with Crippen molar-refractivity contribution in [2.24, 2.45) is 0 Å².